The van der Waals surface area contributed by atoms with Gasteiger partial charge in [-0.2, -0.15) is 0 Å². The molecule has 4 nitrogen and oxygen atoms in total. The highest BCUT2D eigenvalue weighted by Crippen LogP contribution is 2.18. The monoisotopic (exact) mass is 420 g/mol. The van der Waals surface area contributed by atoms with Gasteiger partial charge in [0.05, 0.1) is 0 Å². The fourth-order valence-electron chi connectivity index (χ4n) is 3.57. The van der Waals surface area contributed by atoms with Gasteiger partial charge in [0.1, 0.15) is 12.4 Å². The first kappa shape index (κ1) is 20.5. The van der Waals surface area contributed by atoms with Crippen LogP contribution in [0.5, 0.6) is 5.75 Å². The smallest absolute Gasteiger partial charge is 0.253 e. The van der Waals surface area contributed by atoms with Gasteiger partial charge in [-0.3, -0.25) is 9.69 Å². The van der Waals surface area contributed by atoms with E-state index in [1.807, 2.05) is 47.4 Å². The summed E-state index contributed by atoms with van der Waals surface area (Å²) in [5.74, 6) is 0.868. The molecule has 0 unspecified atom stereocenters. The summed E-state index contributed by atoms with van der Waals surface area (Å²) in [5.41, 5.74) is 3.06. The minimum Gasteiger partial charge on any atom is -0.489 e. The topological polar surface area (TPSA) is 32.8 Å². The first-order valence-electron chi connectivity index (χ1n) is 10.2. The molecule has 1 fully saturated rings. The van der Waals surface area contributed by atoms with Crippen LogP contribution in [0.2, 0.25) is 5.02 Å². The van der Waals surface area contributed by atoms with E-state index in [9.17, 15) is 4.79 Å². The van der Waals surface area contributed by atoms with Gasteiger partial charge >= 0.3 is 0 Å². The Labute approximate surface area is 182 Å². The number of nitrogens with zero attached hydrogens (tertiary/aromatic N) is 2. The molecular weight excluding hydrogens is 396 g/mol. The number of benzene rings is 3. The Morgan fingerprint density at radius 3 is 2.13 bits per heavy atom. The Morgan fingerprint density at radius 2 is 1.47 bits per heavy atom. The van der Waals surface area contributed by atoms with Gasteiger partial charge < -0.3 is 9.64 Å². The van der Waals surface area contributed by atoms with Crippen molar-refractivity contribution in [2.75, 3.05) is 26.2 Å². The van der Waals surface area contributed by atoms with Crippen molar-refractivity contribution in [3.8, 4) is 5.75 Å². The van der Waals surface area contributed by atoms with E-state index in [-0.39, 0.29) is 5.91 Å². The Bertz CT molecular complexity index is 951. The Morgan fingerprint density at radius 1 is 0.800 bits per heavy atom. The van der Waals surface area contributed by atoms with E-state index in [1.54, 1.807) is 12.1 Å². The zero-order valence-electron chi connectivity index (χ0n) is 16.8. The van der Waals surface area contributed by atoms with Crippen molar-refractivity contribution in [3.05, 3.63) is 101 Å². The highest BCUT2D eigenvalue weighted by atomic mass is 35.5. The molecule has 0 N–H and O–H groups in total. The molecule has 0 radical (unpaired) electrons. The van der Waals surface area contributed by atoms with Crippen molar-refractivity contribution in [2.45, 2.75) is 13.2 Å². The molecule has 0 saturated carbocycles. The summed E-state index contributed by atoms with van der Waals surface area (Å²) in [6, 6.07) is 25.5. The number of ether oxygens (including phenoxy) is 1. The van der Waals surface area contributed by atoms with Crippen LogP contribution in [0, 0.1) is 0 Å². The molecule has 0 aromatic heterocycles. The van der Waals surface area contributed by atoms with Crippen LogP contribution in [0.4, 0.5) is 0 Å². The zero-order chi connectivity index (χ0) is 20.8. The van der Waals surface area contributed by atoms with Crippen molar-refractivity contribution in [2.24, 2.45) is 0 Å². The zero-order valence-corrected chi connectivity index (χ0v) is 17.6. The van der Waals surface area contributed by atoms with Crippen molar-refractivity contribution >= 4 is 17.5 Å². The summed E-state index contributed by atoms with van der Waals surface area (Å²) in [5, 5.41) is 0.686. The standard InChI is InChI=1S/C25H25ClN2O2/c26-23-10-12-24(13-11-23)30-19-21-6-8-22(9-7-21)25(29)28-16-14-27(15-17-28)18-20-4-2-1-3-5-20/h1-13H,14-19H2. The summed E-state index contributed by atoms with van der Waals surface area (Å²) in [7, 11) is 0. The average molecular weight is 421 g/mol. The lowest BCUT2D eigenvalue weighted by Gasteiger charge is -2.34. The minimum atomic E-state index is 0.0968. The van der Waals surface area contributed by atoms with Gasteiger partial charge in [0.15, 0.2) is 0 Å². The third-order valence-electron chi connectivity index (χ3n) is 5.33. The fourth-order valence-corrected chi connectivity index (χ4v) is 3.70. The number of piperazine rings is 1. The molecule has 3 aromatic carbocycles. The normalized spacial score (nSPS) is 14.5. The molecule has 1 amide bonds. The lowest BCUT2D eigenvalue weighted by molar-refractivity contribution is 0.0628. The number of hydrogen-bond donors (Lipinski definition) is 0. The number of amides is 1. The van der Waals surface area contributed by atoms with Crippen molar-refractivity contribution in [1.29, 1.82) is 0 Å². The molecule has 0 aliphatic carbocycles. The molecule has 4 rings (SSSR count). The first-order valence-corrected chi connectivity index (χ1v) is 10.6. The Balaban J connectivity index is 1.27. The van der Waals surface area contributed by atoms with Gasteiger partial charge in [0, 0.05) is 43.3 Å². The van der Waals surface area contributed by atoms with Crippen LogP contribution < -0.4 is 4.74 Å². The summed E-state index contributed by atoms with van der Waals surface area (Å²) in [4.78, 5) is 17.2. The third kappa shape index (κ3) is 5.41. The number of rotatable bonds is 6. The molecule has 5 heteroatoms. The maximum atomic E-state index is 12.9. The van der Waals surface area contributed by atoms with Gasteiger partial charge in [-0.25, -0.2) is 0 Å². The predicted molar refractivity (Wildman–Crippen MR) is 120 cm³/mol. The van der Waals surface area contributed by atoms with E-state index in [1.165, 1.54) is 5.56 Å². The molecule has 30 heavy (non-hydrogen) atoms. The van der Waals surface area contributed by atoms with Crippen molar-refractivity contribution in [1.82, 2.24) is 9.80 Å². The summed E-state index contributed by atoms with van der Waals surface area (Å²) < 4.78 is 5.76. The maximum absolute atomic E-state index is 12.9. The van der Waals surface area contributed by atoms with E-state index in [4.69, 9.17) is 16.3 Å². The Kier molecular flexibility index (Phi) is 6.67. The number of hydrogen-bond acceptors (Lipinski definition) is 3. The van der Waals surface area contributed by atoms with Crippen LogP contribution in [0.15, 0.2) is 78.9 Å². The molecule has 1 aliphatic rings. The lowest BCUT2D eigenvalue weighted by atomic mass is 10.1. The van der Waals surface area contributed by atoms with Gasteiger partial charge in [0.2, 0.25) is 0 Å². The quantitative estimate of drug-likeness (QED) is 0.570. The van der Waals surface area contributed by atoms with E-state index in [2.05, 4.69) is 29.2 Å². The second kappa shape index (κ2) is 9.79. The van der Waals surface area contributed by atoms with E-state index in [0.717, 1.165) is 49.6 Å². The highest BCUT2D eigenvalue weighted by Gasteiger charge is 2.22. The summed E-state index contributed by atoms with van der Waals surface area (Å²) >= 11 is 5.89. The van der Waals surface area contributed by atoms with Crippen LogP contribution >= 0.6 is 11.6 Å². The van der Waals surface area contributed by atoms with Gasteiger partial charge in [-0.1, -0.05) is 54.1 Å². The fraction of sp³-hybridized carbons (Fsp3) is 0.240. The molecule has 0 bridgehead atoms. The van der Waals surface area contributed by atoms with Crippen molar-refractivity contribution in [3.63, 3.8) is 0 Å². The van der Waals surface area contributed by atoms with E-state index < -0.39 is 0 Å². The maximum Gasteiger partial charge on any atom is 0.253 e. The van der Waals surface area contributed by atoms with Crippen LogP contribution in [0.3, 0.4) is 0 Å². The van der Waals surface area contributed by atoms with E-state index in [0.29, 0.717) is 11.6 Å². The Hall–Kier alpha value is -2.82. The van der Waals surface area contributed by atoms with E-state index >= 15 is 0 Å². The van der Waals surface area contributed by atoms with Crippen LogP contribution in [-0.2, 0) is 13.2 Å². The molecule has 3 aromatic rings. The minimum absolute atomic E-state index is 0.0968. The predicted octanol–water partition coefficient (Wildman–Crippen LogP) is 4.88. The lowest BCUT2D eigenvalue weighted by Crippen LogP contribution is -2.48. The summed E-state index contributed by atoms with van der Waals surface area (Å²) in [6.07, 6.45) is 0. The second-order valence-corrected chi connectivity index (χ2v) is 7.93. The van der Waals surface area contributed by atoms with Gasteiger partial charge in [-0.05, 0) is 47.5 Å². The van der Waals surface area contributed by atoms with Crippen LogP contribution in [-0.4, -0.2) is 41.9 Å². The van der Waals surface area contributed by atoms with Crippen LogP contribution in [0.1, 0.15) is 21.5 Å². The molecule has 1 aliphatic heterocycles. The number of carbonyl (C=O) groups excluding carboxylic acids is 1. The summed E-state index contributed by atoms with van der Waals surface area (Å²) in [6.45, 7) is 4.70. The molecular formula is C25H25ClN2O2. The van der Waals surface area contributed by atoms with Gasteiger partial charge in [-0.15, -0.1) is 0 Å². The molecule has 0 spiro atoms. The number of carbonyl (C=O) groups is 1. The van der Waals surface area contributed by atoms with Crippen molar-refractivity contribution < 1.29 is 9.53 Å². The molecule has 1 saturated heterocycles. The van der Waals surface area contributed by atoms with Gasteiger partial charge in [0.25, 0.3) is 5.91 Å². The second-order valence-electron chi connectivity index (χ2n) is 7.49. The highest BCUT2D eigenvalue weighted by molar-refractivity contribution is 6.30. The first-order chi connectivity index (χ1) is 14.7. The van der Waals surface area contributed by atoms with Crippen LogP contribution in [0.25, 0.3) is 0 Å². The third-order valence-corrected chi connectivity index (χ3v) is 5.58. The molecule has 154 valence electrons. The SMILES string of the molecule is O=C(c1ccc(COc2ccc(Cl)cc2)cc1)N1CCN(Cc2ccccc2)CC1. The largest absolute Gasteiger partial charge is 0.489 e. The average Bonchev–Trinajstić information content (AvgIpc) is 2.80. The molecule has 1 heterocycles. The molecule has 0 atom stereocenters. The number of halogens is 1.